The van der Waals surface area contributed by atoms with Gasteiger partial charge in [0, 0.05) is 18.3 Å². The first-order chi connectivity index (χ1) is 9.98. The topological polar surface area (TPSA) is 61.8 Å². The summed E-state index contributed by atoms with van der Waals surface area (Å²) < 4.78 is 5.14. The van der Waals surface area contributed by atoms with Crippen molar-refractivity contribution in [3.63, 3.8) is 0 Å². The van der Waals surface area contributed by atoms with Gasteiger partial charge in [-0.05, 0) is 44.9 Å². The average molecular weight is 292 g/mol. The molecule has 1 unspecified atom stereocenters. The van der Waals surface area contributed by atoms with Crippen molar-refractivity contribution >= 4 is 11.6 Å². The van der Waals surface area contributed by atoms with Gasteiger partial charge in [0.05, 0.1) is 19.3 Å². The molecule has 0 saturated carbocycles. The van der Waals surface area contributed by atoms with Crippen LogP contribution in [0.25, 0.3) is 0 Å². The van der Waals surface area contributed by atoms with Gasteiger partial charge in [-0.1, -0.05) is 6.07 Å². The van der Waals surface area contributed by atoms with Gasteiger partial charge in [0.1, 0.15) is 5.75 Å². The number of amides is 1. The molecule has 0 bridgehead atoms. The molecule has 2 N–H and O–H groups in total. The second-order valence-electron chi connectivity index (χ2n) is 5.91. The Morgan fingerprint density at radius 2 is 2.24 bits per heavy atom. The third-order valence-corrected chi connectivity index (χ3v) is 3.88. The molecule has 1 aliphatic rings. The van der Waals surface area contributed by atoms with E-state index in [2.05, 4.69) is 10.2 Å². The van der Waals surface area contributed by atoms with Crippen LogP contribution < -0.4 is 10.1 Å². The lowest BCUT2D eigenvalue weighted by atomic mass is 9.98. The summed E-state index contributed by atoms with van der Waals surface area (Å²) >= 11 is 0. The molecule has 1 amide bonds. The molecular formula is C16H24N2O3. The maximum absolute atomic E-state index is 12.1. The Labute approximate surface area is 125 Å². The lowest BCUT2D eigenvalue weighted by Crippen LogP contribution is -2.35. The van der Waals surface area contributed by atoms with Gasteiger partial charge in [0.2, 0.25) is 5.91 Å². The Hall–Kier alpha value is -1.59. The summed E-state index contributed by atoms with van der Waals surface area (Å²) in [5, 5.41) is 12.9. The van der Waals surface area contributed by atoms with Crippen molar-refractivity contribution in [2.75, 3.05) is 32.1 Å². The van der Waals surface area contributed by atoms with Gasteiger partial charge in [-0.25, -0.2) is 0 Å². The molecule has 1 aromatic carbocycles. The predicted molar refractivity (Wildman–Crippen MR) is 82.5 cm³/mol. The summed E-state index contributed by atoms with van der Waals surface area (Å²) in [5.74, 6) is 0.684. The van der Waals surface area contributed by atoms with Crippen molar-refractivity contribution < 1.29 is 14.6 Å². The fraction of sp³-hybridized carbons (Fsp3) is 0.562. The molecular weight excluding hydrogens is 268 g/mol. The van der Waals surface area contributed by atoms with Crippen molar-refractivity contribution in [3.8, 4) is 5.75 Å². The molecule has 5 heteroatoms. The van der Waals surface area contributed by atoms with Crippen molar-refractivity contribution in [2.45, 2.75) is 31.8 Å². The molecule has 0 aliphatic carbocycles. The minimum atomic E-state index is -0.599. The van der Waals surface area contributed by atoms with E-state index in [-0.39, 0.29) is 5.91 Å². The first-order valence-corrected chi connectivity index (χ1v) is 7.37. The number of rotatable bonds is 4. The highest BCUT2D eigenvalue weighted by Crippen LogP contribution is 2.21. The summed E-state index contributed by atoms with van der Waals surface area (Å²) in [7, 11) is 1.60. The van der Waals surface area contributed by atoms with E-state index >= 15 is 0 Å². The van der Waals surface area contributed by atoms with Crippen molar-refractivity contribution in [3.05, 3.63) is 24.3 Å². The molecule has 1 aliphatic heterocycles. The van der Waals surface area contributed by atoms with Gasteiger partial charge in [0.15, 0.2) is 0 Å². The van der Waals surface area contributed by atoms with Crippen LogP contribution in [0.2, 0.25) is 0 Å². The Bertz CT molecular complexity index is 488. The van der Waals surface area contributed by atoms with E-state index in [4.69, 9.17) is 4.74 Å². The summed E-state index contributed by atoms with van der Waals surface area (Å²) in [6.45, 7) is 3.82. The quantitative estimate of drug-likeness (QED) is 0.889. The van der Waals surface area contributed by atoms with Crippen LogP contribution in [0.4, 0.5) is 5.69 Å². The number of anilines is 1. The normalized spacial score (nSPS) is 23.4. The van der Waals surface area contributed by atoms with Gasteiger partial charge in [-0.15, -0.1) is 0 Å². The third-order valence-electron chi connectivity index (χ3n) is 3.88. The molecule has 0 spiro atoms. The van der Waals surface area contributed by atoms with Crippen LogP contribution >= 0.6 is 0 Å². The number of nitrogens with zero attached hydrogens (tertiary/aromatic N) is 1. The number of hydrogen-bond donors (Lipinski definition) is 2. The van der Waals surface area contributed by atoms with Crippen LogP contribution in [-0.2, 0) is 4.79 Å². The van der Waals surface area contributed by atoms with E-state index in [1.54, 1.807) is 13.2 Å². The van der Waals surface area contributed by atoms with E-state index in [9.17, 15) is 9.90 Å². The van der Waals surface area contributed by atoms with E-state index in [1.807, 2.05) is 25.1 Å². The number of benzene rings is 1. The number of nitrogens with one attached hydrogen (secondary N) is 1. The zero-order chi connectivity index (χ0) is 15.3. The van der Waals surface area contributed by atoms with Gasteiger partial charge in [-0.3, -0.25) is 9.69 Å². The smallest absolute Gasteiger partial charge is 0.238 e. The molecule has 116 valence electrons. The van der Waals surface area contributed by atoms with Crippen LogP contribution in [0.3, 0.4) is 0 Å². The average Bonchev–Trinajstić information content (AvgIpc) is 2.60. The SMILES string of the molecule is COc1cccc(NC(=O)CN2CCCC(C)(O)CC2)c1. The number of likely N-dealkylation sites (tertiary alicyclic amines) is 1. The van der Waals surface area contributed by atoms with Crippen LogP contribution in [-0.4, -0.2) is 48.3 Å². The second-order valence-corrected chi connectivity index (χ2v) is 5.91. The Kier molecular flexibility index (Phi) is 5.20. The van der Waals surface area contributed by atoms with Crippen LogP contribution in [0.5, 0.6) is 5.75 Å². The summed E-state index contributed by atoms with van der Waals surface area (Å²) in [5.41, 5.74) is 0.138. The molecule has 21 heavy (non-hydrogen) atoms. The Morgan fingerprint density at radius 3 is 3.00 bits per heavy atom. The molecule has 1 aromatic rings. The first kappa shape index (κ1) is 15.8. The fourth-order valence-corrected chi connectivity index (χ4v) is 2.58. The maximum Gasteiger partial charge on any atom is 0.238 e. The number of ether oxygens (including phenoxy) is 1. The molecule has 1 saturated heterocycles. The van der Waals surface area contributed by atoms with E-state index in [0.29, 0.717) is 13.0 Å². The third kappa shape index (κ3) is 5.02. The highest BCUT2D eigenvalue weighted by atomic mass is 16.5. The van der Waals surface area contributed by atoms with Crippen molar-refractivity contribution in [2.24, 2.45) is 0 Å². The Morgan fingerprint density at radius 1 is 1.43 bits per heavy atom. The minimum absolute atomic E-state index is 0.0372. The monoisotopic (exact) mass is 292 g/mol. The summed E-state index contributed by atoms with van der Waals surface area (Å²) in [4.78, 5) is 14.2. The van der Waals surface area contributed by atoms with Gasteiger partial charge >= 0.3 is 0 Å². The number of hydrogen-bond acceptors (Lipinski definition) is 4. The Balaban J connectivity index is 1.86. The van der Waals surface area contributed by atoms with Gasteiger partial charge < -0.3 is 15.2 Å². The number of methoxy groups -OCH3 is 1. The lowest BCUT2D eigenvalue weighted by Gasteiger charge is -2.22. The zero-order valence-electron chi connectivity index (χ0n) is 12.8. The fourth-order valence-electron chi connectivity index (χ4n) is 2.58. The standard InChI is InChI=1S/C16H24N2O3/c1-16(20)7-4-9-18(10-8-16)12-15(19)17-13-5-3-6-14(11-13)21-2/h3,5-6,11,20H,4,7-10,12H2,1-2H3,(H,17,19). The van der Waals surface area contributed by atoms with E-state index in [1.165, 1.54) is 0 Å². The zero-order valence-corrected chi connectivity index (χ0v) is 12.8. The maximum atomic E-state index is 12.1. The van der Waals surface area contributed by atoms with Crippen LogP contribution in [0, 0.1) is 0 Å². The number of carbonyl (C=O) groups excluding carboxylic acids is 1. The highest BCUT2D eigenvalue weighted by molar-refractivity contribution is 5.92. The second kappa shape index (κ2) is 6.91. The van der Waals surface area contributed by atoms with E-state index < -0.39 is 5.60 Å². The molecule has 1 atom stereocenters. The largest absolute Gasteiger partial charge is 0.497 e. The molecule has 5 nitrogen and oxygen atoms in total. The molecule has 0 radical (unpaired) electrons. The molecule has 0 aromatic heterocycles. The first-order valence-electron chi connectivity index (χ1n) is 7.37. The van der Waals surface area contributed by atoms with Crippen LogP contribution in [0.1, 0.15) is 26.2 Å². The summed E-state index contributed by atoms with van der Waals surface area (Å²) in [6.07, 6.45) is 2.42. The summed E-state index contributed by atoms with van der Waals surface area (Å²) in [6, 6.07) is 7.32. The van der Waals surface area contributed by atoms with Crippen molar-refractivity contribution in [1.82, 2.24) is 4.90 Å². The van der Waals surface area contributed by atoms with Crippen molar-refractivity contribution in [1.29, 1.82) is 0 Å². The molecule has 2 rings (SSSR count). The predicted octanol–water partition coefficient (Wildman–Crippen LogP) is 1.87. The minimum Gasteiger partial charge on any atom is -0.497 e. The highest BCUT2D eigenvalue weighted by Gasteiger charge is 2.25. The number of carbonyl (C=O) groups is 1. The lowest BCUT2D eigenvalue weighted by molar-refractivity contribution is -0.117. The molecule has 1 heterocycles. The number of aliphatic hydroxyl groups is 1. The van der Waals surface area contributed by atoms with E-state index in [0.717, 1.165) is 37.4 Å². The van der Waals surface area contributed by atoms with Crippen LogP contribution in [0.15, 0.2) is 24.3 Å². The van der Waals surface area contributed by atoms with Gasteiger partial charge in [0.25, 0.3) is 0 Å². The molecule has 1 fully saturated rings. The van der Waals surface area contributed by atoms with Gasteiger partial charge in [-0.2, -0.15) is 0 Å².